The molecule has 0 spiro atoms. The standard InChI is InChI=1S/C12H13FN4/c1-7-6-8(13)2-4-10(7)16-11-5-3-9(14)12(15)17-11/h2-6H,14H2,1H3,(H3,15,16,17). The third kappa shape index (κ3) is 2.44. The maximum Gasteiger partial charge on any atom is 0.149 e. The van der Waals surface area contributed by atoms with Crippen molar-refractivity contribution in [2.45, 2.75) is 6.92 Å². The number of rotatable bonds is 2. The van der Waals surface area contributed by atoms with Gasteiger partial charge in [-0.15, -0.1) is 0 Å². The highest BCUT2D eigenvalue weighted by Crippen LogP contribution is 2.22. The Balaban J connectivity index is 2.28. The molecule has 17 heavy (non-hydrogen) atoms. The van der Waals surface area contributed by atoms with E-state index in [1.54, 1.807) is 18.2 Å². The summed E-state index contributed by atoms with van der Waals surface area (Å²) in [4.78, 5) is 4.08. The van der Waals surface area contributed by atoms with Crippen LogP contribution in [0.5, 0.6) is 0 Å². The molecule has 5 N–H and O–H groups in total. The van der Waals surface area contributed by atoms with Gasteiger partial charge in [-0.1, -0.05) is 0 Å². The molecule has 1 heterocycles. The van der Waals surface area contributed by atoms with E-state index in [0.29, 0.717) is 11.5 Å². The summed E-state index contributed by atoms with van der Waals surface area (Å²) in [6.07, 6.45) is 0. The Morgan fingerprint density at radius 1 is 1.18 bits per heavy atom. The number of hydrogen-bond acceptors (Lipinski definition) is 4. The number of benzene rings is 1. The molecule has 0 amide bonds. The highest BCUT2D eigenvalue weighted by atomic mass is 19.1. The van der Waals surface area contributed by atoms with Gasteiger partial charge in [0.15, 0.2) is 0 Å². The van der Waals surface area contributed by atoms with Gasteiger partial charge in [0.1, 0.15) is 17.5 Å². The zero-order valence-corrected chi connectivity index (χ0v) is 9.37. The molecule has 4 nitrogen and oxygen atoms in total. The minimum Gasteiger partial charge on any atom is -0.396 e. The molecule has 0 saturated carbocycles. The van der Waals surface area contributed by atoms with Crippen LogP contribution < -0.4 is 16.8 Å². The molecule has 2 rings (SSSR count). The van der Waals surface area contributed by atoms with Gasteiger partial charge in [-0.2, -0.15) is 0 Å². The van der Waals surface area contributed by atoms with Crippen LogP contribution in [-0.2, 0) is 0 Å². The number of nitrogens with one attached hydrogen (secondary N) is 1. The van der Waals surface area contributed by atoms with Gasteiger partial charge in [-0.05, 0) is 42.8 Å². The molecule has 0 fully saturated rings. The highest BCUT2D eigenvalue weighted by molar-refractivity contribution is 5.66. The Kier molecular flexibility index (Phi) is 2.82. The minimum absolute atomic E-state index is 0.266. The van der Waals surface area contributed by atoms with E-state index >= 15 is 0 Å². The van der Waals surface area contributed by atoms with E-state index in [1.807, 2.05) is 6.92 Å². The first-order valence-electron chi connectivity index (χ1n) is 5.11. The molecule has 88 valence electrons. The van der Waals surface area contributed by atoms with Crippen molar-refractivity contribution in [3.63, 3.8) is 0 Å². The third-order valence-electron chi connectivity index (χ3n) is 2.41. The summed E-state index contributed by atoms with van der Waals surface area (Å²) in [5.74, 6) is 0.582. The normalized spacial score (nSPS) is 10.2. The summed E-state index contributed by atoms with van der Waals surface area (Å²) in [7, 11) is 0. The zero-order chi connectivity index (χ0) is 12.4. The van der Waals surface area contributed by atoms with Gasteiger partial charge in [0.05, 0.1) is 5.69 Å². The average Bonchev–Trinajstić information content (AvgIpc) is 2.27. The fourth-order valence-corrected chi connectivity index (χ4v) is 1.46. The smallest absolute Gasteiger partial charge is 0.149 e. The van der Waals surface area contributed by atoms with Crippen molar-refractivity contribution >= 4 is 23.0 Å². The summed E-state index contributed by atoms with van der Waals surface area (Å²) < 4.78 is 12.9. The first-order chi connectivity index (χ1) is 8.06. The Morgan fingerprint density at radius 2 is 1.94 bits per heavy atom. The number of pyridine rings is 1. The molecule has 0 atom stereocenters. The molecule has 0 aliphatic carbocycles. The van der Waals surface area contributed by atoms with Crippen LogP contribution in [0, 0.1) is 12.7 Å². The van der Waals surface area contributed by atoms with E-state index in [-0.39, 0.29) is 11.6 Å². The Morgan fingerprint density at radius 3 is 2.59 bits per heavy atom. The maximum absolute atomic E-state index is 12.9. The molecule has 0 saturated heterocycles. The van der Waals surface area contributed by atoms with Gasteiger partial charge in [0, 0.05) is 5.69 Å². The minimum atomic E-state index is -0.266. The second kappa shape index (κ2) is 4.29. The molecule has 0 aliphatic heterocycles. The number of hydrogen-bond donors (Lipinski definition) is 3. The number of anilines is 4. The Hall–Kier alpha value is -2.30. The largest absolute Gasteiger partial charge is 0.396 e. The van der Waals surface area contributed by atoms with Crippen molar-refractivity contribution in [1.82, 2.24) is 4.98 Å². The van der Waals surface area contributed by atoms with Crippen LogP contribution >= 0.6 is 0 Å². The van der Waals surface area contributed by atoms with E-state index in [2.05, 4.69) is 10.3 Å². The second-order valence-electron chi connectivity index (χ2n) is 3.76. The summed E-state index contributed by atoms with van der Waals surface area (Å²) in [6.45, 7) is 1.81. The number of halogens is 1. The van der Waals surface area contributed by atoms with Gasteiger partial charge in [-0.3, -0.25) is 0 Å². The molecule has 5 heteroatoms. The van der Waals surface area contributed by atoms with Gasteiger partial charge in [-0.25, -0.2) is 9.37 Å². The Bertz CT molecular complexity index is 554. The van der Waals surface area contributed by atoms with Crippen LogP contribution in [0.15, 0.2) is 30.3 Å². The van der Waals surface area contributed by atoms with Crippen molar-refractivity contribution in [2.75, 3.05) is 16.8 Å². The summed E-state index contributed by atoms with van der Waals surface area (Å²) >= 11 is 0. The highest BCUT2D eigenvalue weighted by Gasteiger charge is 2.03. The van der Waals surface area contributed by atoms with Gasteiger partial charge in [0.25, 0.3) is 0 Å². The lowest BCUT2D eigenvalue weighted by Gasteiger charge is -2.09. The van der Waals surface area contributed by atoms with Crippen LogP contribution in [0.4, 0.5) is 27.4 Å². The molecule has 2 aromatic rings. The van der Waals surface area contributed by atoms with Gasteiger partial charge < -0.3 is 16.8 Å². The van der Waals surface area contributed by atoms with E-state index in [0.717, 1.165) is 11.3 Å². The molecule has 1 aromatic carbocycles. The van der Waals surface area contributed by atoms with Crippen LogP contribution in [-0.4, -0.2) is 4.98 Å². The number of aromatic nitrogens is 1. The van der Waals surface area contributed by atoms with Crippen LogP contribution in [0.25, 0.3) is 0 Å². The summed E-state index contributed by atoms with van der Waals surface area (Å²) in [5, 5.41) is 3.05. The molecular formula is C12H13FN4. The van der Waals surface area contributed by atoms with Crippen molar-refractivity contribution in [3.8, 4) is 0 Å². The van der Waals surface area contributed by atoms with E-state index in [4.69, 9.17) is 11.5 Å². The first-order valence-corrected chi connectivity index (χ1v) is 5.11. The van der Waals surface area contributed by atoms with E-state index in [9.17, 15) is 4.39 Å². The predicted octanol–water partition coefficient (Wildman–Crippen LogP) is 2.44. The lowest BCUT2D eigenvalue weighted by atomic mass is 10.2. The average molecular weight is 232 g/mol. The van der Waals surface area contributed by atoms with Crippen molar-refractivity contribution in [3.05, 3.63) is 41.7 Å². The Labute approximate surface area is 98.5 Å². The van der Waals surface area contributed by atoms with Crippen molar-refractivity contribution in [1.29, 1.82) is 0 Å². The lowest BCUT2D eigenvalue weighted by Crippen LogP contribution is -2.01. The van der Waals surface area contributed by atoms with Crippen molar-refractivity contribution < 1.29 is 4.39 Å². The van der Waals surface area contributed by atoms with Crippen LogP contribution in [0.1, 0.15) is 5.56 Å². The zero-order valence-electron chi connectivity index (χ0n) is 9.37. The number of nitrogens with two attached hydrogens (primary N) is 2. The fraction of sp³-hybridized carbons (Fsp3) is 0.0833. The molecule has 0 unspecified atom stereocenters. The quantitative estimate of drug-likeness (QED) is 0.743. The summed E-state index contributed by atoms with van der Waals surface area (Å²) in [5.41, 5.74) is 13.2. The maximum atomic E-state index is 12.9. The van der Waals surface area contributed by atoms with E-state index in [1.165, 1.54) is 12.1 Å². The molecule has 0 bridgehead atoms. The van der Waals surface area contributed by atoms with Crippen LogP contribution in [0.3, 0.4) is 0 Å². The molecular weight excluding hydrogens is 219 g/mol. The predicted molar refractivity (Wildman–Crippen MR) is 67.5 cm³/mol. The van der Waals surface area contributed by atoms with E-state index < -0.39 is 0 Å². The molecule has 0 aliphatic rings. The molecule has 0 radical (unpaired) electrons. The number of nitrogen functional groups attached to an aromatic ring is 2. The topological polar surface area (TPSA) is 77.0 Å². The van der Waals surface area contributed by atoms with Gasteiger partial charge in [0.2, 0.25) is 0 Å². The number of aryl methyl sites for hydroxylation is 1. The number of nitrogens with zero attached hydrogens (tertiary/aromatic N) is 1. The lowest BCUT2D eigenvalue weighted by molar-refractivity contribution is 0.627. The monoisotopic (exact) mass is 232 g/mol. The first kappa shape index (κ1) is 11.2. The third-order valence-corrected chi connectivity index (χ3v) is 2.41. The van der Waals surface area contributed by atoms with Crippen LogP contribution in [0.2, 0.25) is 0 Å². The summed E-state index contributed by atoms with van der Waals surface area (Å²) in [6, 6.07) is 7.87. The van der Waals surface area contributed by atoms with Gasteiger partial charge >= 0.3 is 0 Å². The molecule has 1 aromatic heterocycles. The van der Waals surface area contributed by atoms with Crippen molar-refractivity contribution in [2.24, 2.45) is 0 Å². The second-order valence-corrected chi connectivity index (χ2v) is 3.76. The SMILES string of the molecule is Cc1cc(F)ccc1Nc1ccc(N)c(N)n1. The fourth-order valence-electron chi connectivity index (χ4n) is 1.46.